The number of aromatic nitrogens is 4. The molecule has 6 heteroatoms. The number of nitrogens with one attached hydrogen (secondary N) is 1. The summed E-state index contributed by atoms with van der Waals surface area (Å²) in [7, 11) is 0. The molecule has 3 heterocycles. The van der Waals surface area contributed by atoms with Gasteiger partial charge in [0.05, 0.1) is 11.8 Å². The zero-order valence-corrected chi connectivity index (χ0v) is 13.1. The van der Waals surface area contributed by atoms with E-state index in [0.29, 0.717) is 17.6 Å². The van der Waals surface area contributed by atoms with Gasteiger partial charge in [-0.25, -0.2) is 9.97 Å². The van der Waals surface area contributed by atoms with E-state index >= 15 is 0 Å². The van der Waals surface area contributed by atoms with E-state index < -0.39 is 0 Å². The van der Waals surface area contributed by atoms with Gasteiger partial charge in [0.15, 0.2) is 11.5 Å². The third-order valence-corrected chi connectivity index (χ3v) is 4.02. The van der Waals surface area contributed by atoms with Crippen LogP contribution in [0.15, 0.2) is 36.9 Å². The van der Waals surface area contributed by atoms with Crippen LogP contribution in [0.3, 0.4) is 0 Å². The average molecular weight is 309 g/mol. The van der Waals surface area contributed by atoms with E-state index in [1.54, 1.807) is 0 Å². The van der Waals surface area contributed by atoms with E-state index in [9.17, 15) is 4.79 Å². The van der Waals surface area contributed by atoms with Crippen LogP contribution in [0.2, 0.25) is 0 Å². The maximum absolute atomic E-state index is 12.4. The van der Waals surface area contributed by atoms with Gasteiger partial charge in [0.2, 0.25) is 0 Å². The van der Waals surface area contributed by atoms with Gasteiger partial charge in [-0.05, 0) is 31.4 Å². The van der Waals surface area contributed by atoms with Crippen LogP contribution >= 0.6 is 0 Å². The van der Waals surface area contributed by atoms with E-state index in [4.69, 9.17) is 0 Å². The van der Waals surface area contributed by atoms with Crippen LogP contribution in [0.4, 0.5) is 0 Å². The zero-order chi connectivity index (χ0) is 15.8. The predicted molar refractivity (Wildman–Crippen MR) is 87.2 cm³/mol. The Morgan fingerprint density at radius 3 is 3.04 bits per heavy atom. The summed E-state index contributed by atoms with van der Waals surface area (Å²) in [5.41, 5.74) is 2.06. The Hall–Kier alpha value is -2.63. The first kappa shape index (κ1) is 14.0. The number of nitrogens with zero attached hydrogens (tertiary/aromatic N) is 4. The summed E-state index contributed by atoms with van der Waals surface area (Å²) < 4.78 is 3.98. The minimum absolute atomic E-state index is 0.101. The van der Waals surface area contributed by atoms with E-state index in [-0.39, 0.29) is 5.91 Å². The Morgan fingerprint density at radius 1 is 1.39 bits per heavy atom. The van der Waals surface area contributed by atoms with Crippen molar-refractivity contribution in [2.75, 3.05) is 0 Å². The molecule has 0 atom stereocenters. The lowest BCUT2D eigenvalue weighted by molar-refractivity contribution is 0.0948. The molecule has 1 aliphatic rings. The number of rotatable bonds is 5. The number of aryl methyl sites for hydroxylation is 1. The van der Waals surface area contributed by atoms with Gasteiger partial charge in [-0.3, -0.25) is 9.20 Å². The van der Waals surface area contributed by atoms with E-state index in [2.05, 4.69) is 22.2 Å². The van der Waals surface area contributed by atoms with Crippen molar-refractivity contribution in [3.05, 3.63) is 42.6 Å². The van der Waals surface area contributed by atoms with Crippen molar-refractivity contribution in [2.45, 2.75) is 38.8 Å². The lowest BCUT2D eigenvalue weighted by atomic mass is 10.3. The predicted octanol–water partition coefficient (Wildman–Crippen LogP) is 2.50. The molecule has 1 amide bonds. The standard InChI is InChI=1S/C17H19N5O/c1-2-8-21-10-13(18-11-21)16-20-15(17(23)19-12-6-7-12)14-5-3-4-9-22(14)16/h3-5,9-12H,2,6-8H2,1H3,(H,19,23). The fourth-order valence-corrected chi connectivity index (χ4v) is 2.72. The third kappa shape index (κ3) is 2.60. The molecule has 0 saturated heterocycles. The molecule has 4 rings (SSSR count). The van der Waals surface area contributed by atoms with Gasteiger partial charge < -0.3 is 9.88 Å². The Morgan fingerprint density at radius 2 is 2.26 bits per heavy atom. The van der Waals surface area contributed by atoms with Crippen LogP contribution < -0.4 is 5.32 Å². The SMILES string of the molecule is CCCn1cnc(-c2nc(C(=O)NC3CC3)c3ccccn23)c1. The normalized spacial score (nSPS) is 14.3. The molecule has 0 radical (unpaired) electrons. The quantitative estimate of drug-likeness (QED) is 0.787. The minimum atomic E-state index is -0.101. The number of imidazole rings is 2. The first-order chi connectivity index (χ1) is 11.3. The van der Waals surface area contributed by atoms with Crippen molar-refractivity contribution in [1.82, 2.24) is 24.3 Å². The number of pyridine rings is 1. The highest BCUT2D eigenvalue weighted by atomic mass is 16.2. The third-order valence-electron chi connectivity index (χ3n) is 4.02. The van der Waals surface area contributed by atoms with Gasteiger partial charge >= 0.3 is 0 Å². The van der Waals surface area contributed by atoms with Crippen molar-refractivity contribution in [1.29, 1.82) is 0 Å². The Bertz CT molecular complexity index is 859. The summed E-state index contributed by atoms with van der Waals surface area (Å²) in [6.45, 7) is 3.05. The topological polar surface area (TPSA) is 64.2 Å². The van der Waals surface area contributed by atoms with Crippen molar-refractivity contribution in [3.8, 4) is 11.5 Å². The Labute approximate surface area is 134 Å². The second kappa shape index (κ2) is 5.53. The molecule has 1 N–H and O–H groups in total. The molecule has 1 aliphatic carbocycles. The molecule has 0 aliphatic heterocycles. The summed E-state index contributed by atoms with van der Waals surface area (Å²) in [5.74, 6) is 0.604. The van der Waals surface area contributed by atoms with Crippen molar-refractivity contribution in [2.24, 2.45) is 0 Å². The highest BCUT2D eigenvalue weighted by Gasteiger charge is 2.26. The number of hydrogen-bond acceptors (Lipinski definition) is 3. The van der Waals surface area contributed by atoms with Crippen LogP contribution in [-0.4, -0.2) is 30.9 Å². The highest BCUT2D eigenvalue weighted by molar-refractivity contribution is 6.00. The molecule has 6 nitrogen and oxygen atoms in total. The van der Waals surface area contributed by atoms with Crippen LogP contribution in [0.1, 0.15) is 36.7 Å². The summed E-state index contributed by atoms with van der Waals surface area (Å²) in [6.07, 6.45) is 8.88. The fourth-order valence-electron chi connectivity index (χ4n) is 2.72. The smallest absolute Gasteiger partial charge is 0.272 e. The summed E-state index contributed by atoms with van der Waals surface area (Å²) in [6, 6.07) is 6.09. The van der Waals surface area contributed by atoms with E-state index in [1.807, 2.05) is 45.9 Å². The molecular formula is C17H19N5O. The fraction of sp³-hybridized carbons (Fsp3) is 0.353. The zero-order valence-electron chi connectivity index (χ0n) is 13.1. The maximum atomic E-state index is 12.4. The summed E-state index contributed by atoms with van der Waals surface area (Å²) in [5, 5.41) is 3.01. The van der Waals surface area contributed by atoms with Crippen LogP contribution in [-0.2, 0) is 6.54 Å². The van der Waals surface area contributed by atoms with Crippen molar-refractivity contribution < 1.29 is 4.79 Å². The highest BCUT2D eigenvalue weighted by Crippen LogP contribution is 2.23. The molecular weight excluding hydrogens is 290 g/mol. The summed E-state index contributed by atoms with van der Waals surface area (Å²) in [4.78, 5) is 21.5. The molecule has 118 valence electrons. The van der Waals surface area contributed by atoms with Gasteiger partial charge in [0.1, 0.15) is 5.69 Å². The number of amides is 1. The maximum Gasteiger partial charge on any atom is 0.272 e. The first-order valence-corrected chi connectivity index (χ1v) is 8.06. The van der Waals surface area contributed by atoms with Crippen LogP contribution in [0.5, 0.6) is 0 Å². The second-order valence-electron chi connectivity index (χ2n) is 5.98. The number of fused-ring (bicyclic) bond motifs is 1. The minimum Gasteiger partial charge on any atom is -0.348 e. The van der Waals surface area contributed by atoms with Crippen LogP contribution in [0, 0.1) is 0 Å². The summed E-state index contributed by atoms with van der Waals surface area (Å²) >= 11 is 0. The van der Waals surface area contributed by atoms with Crippen molar-refractivity contribution >= 4 is 11.4 Å². The van der Waals surface area contributed by atoms with Gasteiger partial charge in [-0.15, -0.1) is 0 Å². The number of carbonyl (C=O) groups excluding carboxylic acids is 1. The van der Waals surface area contributed by atoms with Crippen molar-refractivity contribution in [3.63, 3.8) is 0 Å². The average Bonchev–Trinajstić information content (AvgIpc) is 3.11. The lowest BCUT2D eigenvalue weighted by Crippen LogP contribution is -2.25. The molecule has 0 aromatic carbocycles. The van der Waals surface area contributed by atoms with Gasteiger partial charge in [-0.2, -0.15) is 0 Å². The molecule has 0 bridgehead atoms. The van der Waals surface area contributed by atoms with Gasteiger partial charge in [0, 0.05) is 25.0 Å². The lowest BCUT2D eigenvalue weighted by Gasteiger charge is -2.00. The second-order valence-corrected chi connectivity index (χ2v) is 5.98. The van der Waals surface area contributed by atoms with E-state index in [1.165, 1.54) is 0 Å². The Balaban J connectivity index is 1.77. The number of hydrogen-bond donors (Lipinski definition) is 1. The first-order valence-electron chi connectivity index (χ1n) is 8.06. The van der Waals surface area contributed by atoms with Gasteiger partial charge in [-0.1, -0.05) is 13.0 Å². The number of carbonyl (C=O) groups is 1. The molecule has 0 spiro atoms. The monoisotopic (exact) mass is 309 g/mol. The molecule has 3 aromatic heterocycles. The van der Waals surface area contributed by atoms with E-state index in [0.717, 1.165) is 37.0 Å². The molecule has 1 saturated carbocycles. The molecule has 3 aromatic rings. The molecule has 1 fully saturated rings. The van der Waals surface area contributed by atoms with Crippen LogP contribution in [0.25, 0.3) is 17.0 Å². The van der Waals surface area contributed by atoms with Gasteiger partial charge in [0.25, 0.3) is 5.91 Å². The Kier molecular flexibility index (Phi) is 3.37. The molecule has 23 heavy (non-hydrogen) atoms. The largest absolute Gasteiger partial charge is 0.348 e. The molecule has 0 unspecified atom stereocenters.